The molecule has 0 spiro atoms. The number of fused-ring (bicyclic) bond motifs is 5. The van der Waals surface area contributed by atoms with Crippen molar-refractivity contribution in [3.63, 3.8) is 0 Å². The van der Waals surface area contributed by atoms with E-state index in [1.54, 1.807) is 18.2 Å². The summed E-state index contributed by atoms with van der Waals surface area (Å²) >= 11 is 0. The SMILES string of the molecule is CC(N)c1cccc(S(=O)(=O)NC2C3C4CCC(C4)C23)c1. The smallest absolute Gasteiger partial charge is 0.240 e. The molecule has 5 atom stereocenters. The Balaban J connectivity index is 1.54. The van der Waals surface area contributed by atoms with Crippen molar-refractivity contribution in [3.05, 3.63) is 29.8 Å². The zero-order valence-corrected chi connectivity index (χ0v) is 13.0. The normalized spacial score (nSPS) is 38.3. The quantitative estimate of drug-likeness (QED) is 0.894. The second-order valence-corrected chi connectivity index (χ2v) is 8.71. The van der Waals surface area contributed by atoms with Crippen LogP contribution in [-0.2, 0) is 10.0 Å². The van der Waals surface area contributed by atoms with Crippen molar-refractivity contribution in [1.82, 2.24) is 4.72 Å². The summed E-state index contributed by atoms with van der Waals surface area (Å²) in [5.74, 6) is 2.75. The van der Waals surface area contributed by atoms with Crippen LogP contribution in [0.4, 0.5) is 0 Å². The third kappa shape index (κ3) is 2.14. The van der Waals surface area contributed by atoms with E-state index in [2.05, 4.69) is 4.72 Å². The van der Waals surface area contributed by atoms with Crippen LogP contribution in [0.1, 0.15) is 37.8 Å². The van der Waals surface area contributed by atoms with E-state index in [0.29, 0.717) is 16.7 Å². The van der Waals surface area contributed by atoms with Crippen molar-refractivity contribution in [3.8, 4) is 0 Å². The van der Waals surface area contributed by atoms with Crippen molar-refractivity contribution in [2.24, 2.45) is 29.4 Å². The molecule has 5 heteroatoms. The summed E-state index contributed by atoms with van der Waals surface area (Å²) in [6, 6.07) is 7.01. The van der Waals surface area contributed by atoms with Crippen LogP contribution in [0.15, 0.2) is 29.2 Å². The summed E-state index contributed by atoms with van der Waals surface area (Å²) in [5, 5.41) is 0. The van der Waals surface area contributed by atoms with Crippen LogP contribution in [0, 0.1) is 23.7 Å². The lowest BCUT2D eigenvalue weighted by Crippen LogP contribution is -2.30. The molecular weight excluding hydrogens is 284 g/mol. The molecule has 0 aliphatic heterocycles. The molecule has 0 saturated heterocycles. The summed E-state index contributed by atoms with van der Waals surface area (Å²) in [5.41, 5.74) is 6.70. The van der Waals surface area contributed by atoms with Crippen molar-refractivity contribution >= 4 is 10.0 Å². The maximum Gasteiger partial charge on any atom is 0.240 e. The molecule has 5 unspecified atom stereocenters. The van der Waals surface area contributed by atoms with Gasteiger partial charge in [-0.3, -0.25) is 0 Å². The zero-order chi connectivity index (χ0) is 14.8. The summed E-state index contributed by atoms with van der Waals surface area (Å²) in [6.07, 6.45) is 3.92. The van der Waals surface area contributed by atoms with Gasteiger partial charge < -0.3 is 5.73 Å². The topological polar surface area (TPSA) is 72.2 Å². The van der Waals surface area contributed by atoms with Gasteiger partial charge in [0.05, 0.1) is 4.90 Å². The molecule has 1 aromatic carbocycles. The minimum absolute atomic E-state index is 0.156. The molecule has 0 heterocycles. The van der Waals surface area contributed by atoms with Gasteiger partial charge in [0, 0.05) is 12.1 Å². The van der Waals surface area contributed by atoms with Crippen LogP contribution >= 0.6 is 0 Å². The van der Waals surface area contributed by atoms with Crippen LogP contribution in [0.2, 0.25) is 0 Å². The predicted molar refractivity (Wildman–Crippen MR) is 81.0 cm³/mol. The Morgan fingerprint density at radius 3 is 2.52 bits per heavy atom. The van der Waals surface area contributed by atoms with Gasteiger partial charge in [0.25, 0.3) is 0 Å². The highest BCUT2D eigenvalue weighted by atomic mass is 32.2. The van der Waals surface area contributed by atoms with Crippen molar-refractivity contribution in [1.29, 1.82) is 0 Å². The van der Waals surface area contributed by atoms with Gasteiger partial charge in [-0.2, -0.15) is 0 Å². The fourth-order valence-corrected chi connectivity index (χ4v) is 6.05. The molecule has 4 rings (SSSR count). The third-order valence-electron chi connectivity index (χ3n) is 5.72. The summed E-state index contributed by atoms with van der Waals surface area (Å²) < 4.78 is 28.1. The van der Waals surface area contributed by atoms with Crippen LogP contribution in [0.3, 0.4) is 0 Å². The van der Waals surface area contributed by atoms with Gasteiger partial charge in [0.15, 0.2) is 0 Å². The lowest BCUT2D eigenvalue weighted by atomic mass is 10.0. The van der Waals surface area contributed by atoms with Gasteiger partial charge in [-0.05, 0) is 67.6 Å². The van der Waals surface area contributed by atoms with E-state index in [9.17, 15) is 8.42 Å². The Bertz CT molecular complexity index is 655. The van der Waals surface area contributed by atoms with Gasteiger partial charge in [-0.25, -0.2) is 13.1 Å². The Morgan fingerprint density at radius 2 is 1.90 bits per heavy atom. The van der Waals surface area contributed by atoms with Crippen molar-refractivity contribution < 1.29 is 8.42 Å². The van der Waals surface area contributed by atoms with Gasteiger partial charge in [0.1, 0.15) is 0 Å². The number of nitrogens with two attached hydrogens (primary N) is 1. The second kappa shape index (κ2) is 4.54. The zero-order valence-electron chi connectivity index (χ0n) is 12.2. The number of hydrogen-bond donors (Lipinski definition) is 2. The molecule has 114 valence electrons. The molecule has 0 amide bonds. The Kier molecular flexibility index (Phi) is 2.97. The first-order valence-electron chi connectivity index (χ1n) is 7.85. The average Bonchev–Trinajstić information content (AvgIpc) is 2.85. The predicted octanol–water partition coefficient (Wildman–Crippen LogP) is 2.03. The Morgan fingerprint density at radius 1 is 1.24 bits per heavy atom. The van der Waals surface area contributed by atoms with Gasteiger partial charge in [0.2, 0.25) is 10.0 Å². The van der Waals surface area contributed by atoms with Crippen molar-refractivity contribution in [2.75, 3.05) is 0 Å². The van der Waals surface area contributed by atoms with E-state index in [4.69, 9.17) is 5.73 Å². The number of hydrogen-bond acceptors (Lipinski definition) is 3. The molecular formula is C16H22N2O2S. The van der Waals surface area contributed by atoms with E-state index in [-0.39, 0.29) is 12.1 Å². The first kappa shape index (κ1) is 13.7. The van der Waals surface area contributed by atoms with E-state index in [1.807, 2.05) is 13.0 Å². The summed E-state index contributed by atoms with van der Waals surface area (Å²) in [4.78, 5) is 0.342. The lowest BCUT2D eigenvalue weighted by molar-refractivity contribution is 0.456. The highest BCUT2D eigenvalue weighted by Crippen LogP contribution is 2.65. The monoisotopic (exact) mass is 306 g/mol. The van der Waals surface area contributed by atoms with Gasteiger partial charge in [-0.1, -0.05) is 12.1 Å². The molecule has 4 nitrogen and oxygen atoms in total. The third-order valence-corrected chi connectivity index (χ3v) is 7.18. The Labute approximate surface area is 126 Å². The molecule has 3 N–H and O–H groups in total. The minimum atomic E-state index is -3.42. The Hall–Kier alpha value is -0.910. The van der Waals surface area contributed by atoms with E-state index >= 15 is 0 Å². The molecule has 3 saturated carbocycles. The molecule has 0 radical (unpaired) electrons. The largest absolute Gasteiger partial charge is 0.324 e. The maximum atomic E-state index is 12.6. The molecule has 2 bridgehead atoms. The molecule has 21 heavy (non-hydrogen) atoms. The summed E-state index contributed by atoms with van der Waals surface area (Å²) in [6.45, 7) is 1.86. The van der Waals surface area contributed by atoms with Gasteiger partial charge in [-0.15, -0.1) is 0 Å². The van der Waals surface area contributed by atoms with Crippen LogP contribution in [-0.4, -0.2) is 14.5 Å². The van der Waals surface area contributed by atoms with E-state index in [0.717, 1.165) is 17.4 Å². The van der Waals surface area contributed by atoms with Crippen LogP contribution in [0.5, 0.6) is 0 Å². The molecule has 3 aliphatic rings. The van der Waals surface area contributed by atoms with E-state index in [1.165, 1.54) is 19.3 Å². The number of benzene rings is 1. The average molecular weight is 306 g/mol. The first-order chi connectivity index (χ1) is 9.97. The molecule has 3 fully saturated rings. The maximum absolute atomic E-state index is 12.6. The summed E-state index contributed by atoms with van der Waals surface area (Å²) in [7, 11) is -3.42. The van der Waals surface area contributed by atoms with Crippen LogP contribution in [0.25, 0.3) is 0 Å². The highest BCUT2D eigenvalue weighted by Gasteiger charge is 2.65. The highest BCUT2D eigenvalue weighted by molar-refractivity contribution is 7.89. The second-order valence-electron chi connectivity index (χ2n) is 7.00. The number of sulfonamides is 1. The fraction of sp³-hybridized carbons (Fsp3) is 0.625. The molecule has 1 aromatic rings. The molecule has 0 aromatic heterocycles. The first-order valence-corrected chi connectivity index (χ1v) is 9.33. The van der Waals surface area contributed by atoms with Crippen LogP contribution < -0.4 is 10.5 Å². The van der Waals surface area contributed by atoms with Gasteiger partial charge >= 0.3 is 0 Å². The van der Waals surface area contributed by atoms with E-state index < -0.39 is 10.0 Å². The molecule has 3 aliphatic carbocycles. The number of rotatable bonds is 4. The minimum Gasteiger partial charge on any atom is -0.324 e. The standard InChI is InChI=1S/C16H22N2O2S/c1-9(17)10-3-2-4-13(8-10)21(19,20)18-16-14-11-5-6-12(7-11)15(14)16/h2-4,8-9,11-12,14-16,18H,5-7,17H2,1H3. The van der Waals surface area contributed by atoms with Crippen molar-refractivity contribution in [2.45, 2.75) is 43.2 Å². The fourth-order valence-electron chi connectivity index (χ4n) is 4.70. The number of nitrogens with one attached hydrogen (secondary N) is 1. The lowest BCUT2D eigenvalue weighted by Gasteiger charge is -2.13.